The fraction of sp³-hybridized carbons (Fsp3) is 0.400. The lowest BCUT2D eigenvalue weighted by molar-refractivity contribution is 0.629. The Kier molecular flexibility index (Phi) is 1.75. The van der Waals surface area contributed by atoms with E-state index in [9.17, 15) is 4.39 Å². The average molecular weight is 165 g/mol. The van der Waals surface area contributed by atoms with Gasteiger partial charge in [0.05, 0.1) is 5.69 Å². The lowest BCUT2D eigenvalue weighted by atomic mass is 10.2. The van der Waals surface area contributed by atoms with E-state index in [0.29, 0.717) is 11.7 Å². The van der Waals surface area contributed by atoms with Gasteiger partial charge in [-0.15, -0.1) is 0 Å². The molecule has 0 bridgehead atoms. The minimum Gasteiger partial charge on any atom is -0.380 e. The van der Waals surface area contributed by atoms with Crippen LogP contribution >= 0.6 is 0 Å². The Hall–Kier alpha value is -1.05. The van der Waals surface area contributed by atoms with Gasteiger partial charge in [0.15, 0.2) is 0 Å². The van der Waals surface area contributed by atoms with E-state index < -0.39 is 0 Å². The summed E-state index contributed by atoms with van der Waals surface area (Å²) in [5.74, 6) is -0.137. The molecule has 0 saturated heterocycles. The first-order valence-electron chi connectivity index (χ1n) is 4.28. The van der Waals surface area contributed by atoms with Gasteiger partial charge in [-0.1, -0.05) is 6.07 Å². The van der Waals surface area contributed by atoms with E-state index in [1.165, 1.54) is 12.8 Å². The van der Waals surface area contributed by atoms with Crippen molar-refractivity contribution in [1.29, 1.82) is 0 Å². The highest BCUT2D eigenvalue weighted by Gasteiger charge is 2.21. The van der Waals surface area contributed by atoms with Gasteiger partial charge in [-0.3, -0.25) is 0 Å². The molecule has 0 atom stereocenters. The van der Waals surface area contributed by atoms with Crippen LogP contribution in [0.2, 0.25) is 0 Å². The number of hydrogen-bond acceptors (Lipinski definition) is 1. The first-order chi connectivity index (χ1) is 5.75. The number of anilines is 1. The van der Waals surface area contributed by atoms with Gasteiger partial charge in [-0.05, 0) is 37.5 Å². The van der Waals surface area contributed by atoms with Crippen molar-refractivity contribution in [2.45, 2.75) is 25.8 Å². The molecule has 0 unspecified atom stereocenters. The summed E-state index contributed by atoms with van der Waals surface area (Å²) in [5.41, 5.74) is 1.61. The quantitative estimate of drug-likeness (QED) is 0.710. The van der Waals surface area contributed by atoms with E-state index in [1.54, 1.807) is 6.07 Å². The molecule has 1 nitrogen and oxygen atoms in total. The fourth-order valence-electron chi connectivity index (χ4n) is 1.18. The maximum absolute atomic E-state index is 13.2. The van der Waals surface area contributed by atoms with E-state index in [2.05, 4.69) is 5.32 Å². The summed E-state index contributed by atoms with van der Waals surface area (Å²) in [7, 11) is 0. The molecule has 0 radical (unpaired) electrons. The van der Waals surface area contributed by atoms with Gasteiger partial charge in [-0.25, -0.2) is 4.39 Å². The molecular weight excluding hydrogens is 153 g/mol. The normalized spacial score (nSPS) is 16.2. The lowest BCUT2D eigenvalue weighted by Crippen LogP contribution is -2.02. The van der Waals surface area contributed by atoms with Gasteiger partial charge in [0, 0.05) is 6.04 Å². The Morgan fingerprint density at radius 3 is 2.75 bits per heavy atom. The van der Waals surface area contributed by atoms with E-state index >= 15 is 0 Å². The van der Waals surface area contributed by atoms with Crippen molar-refractivity contribution in [2.75, 3.05) is 5.32 Å². The number of nitrogens with one attached hydrogen (secondary N) is 1. The predicted octanol–water partition coefficient (Wildman–Crippen LogP) is 2.71. The van der Waals surface area contributed by atoms with Crippen LogP contribution in [-0.4, -0.2) is 6.04 Å². The monoisotopic (exact) mass is 165 g/mol. The van der Waals surface area contributed by atoms with Crippen LogP contribution in [0.4, 0.5) is 10.1 Å². The van der Waals surface area contributed by atoms with Crippen molar-refractivity contribution in [2.24, 2.45) is 0 Å². The van der Waals surface area contributed by atoms with Gasteiger partial charge in [0.1, 0.15) is 5.82 Å². The molecule has 1 N–H and O–H groups in total. The molecule has 1 aliphatic rings. The maximum Gasteiger partial charge on any atom is 0.146 e. The van der Waals surface area contributed by atoms with Crippen molar-refractivity contribution in [3.8, 4) is 0 Å². The van der Waals surface area contributed by atoms with Crippen LogP contribution in [0.3, 0.4) is 0 Å². The molecule has 1 aromatic carbocycles. The molecule has 2 heteroatoms. The number of hydrogen-bond donors (Lipinski definition) is 1. The molecule has 0 amide bonds. The zero-order valence-corrected chi connectivity index (χ0v) is 7.10. The standard InChI is InChI=1S/C10H12FN/c1-7-2-5-10(9(11)6-7)12-8-3-4-8/h2,5-6,8,12H,3-4H2,1H3. The summed E-state index contributed by atoms with van der Waals surface area (Å²) >= 11 is 0. The highest BCUT2D eigenvalue weighted by molar-refractivity contribution is 5.47. The van der Waals surface area contributed by atoms with Crippen LogP contribution < -0.4 is 5.32 Å². The Bertz CT molecular complexity index is 292. The third kappa shape index (κ3) is 1.58. The molecule has 1 aliphatic carbocycles. The molecule has 1 fully saturated rings. The molecular formula is C10H12FN. The molecule has 0 aromatic heterocycles. The second-order valence-corrected chi connectivity index (χ2v) is 3.40. The van der Waals surface area contributed by atoms with Crippen molar-refractivity contribution >= 4 is 5.69 Å². The molecule has 0 heterocycles. The summed E-state index contributed by atoms with van der Waals surface area (Å²) in [6.45, 7) is 1.89. The predicted molar refractivity (Wildman–Crippen MR) is 47.8 cm³/mol. The SMILES string of the molecule is Cc1ccc(NC2CC2)c(F)c1. The Balaban J connectivity index is 2.18. The van der Waals surface area contributed by atoms with Gasteiger partial charge >= 0.3 is 0 Å². The fourth-order valence-corrected chi connectivity index (χ4v) is 1.18. The van der Waals surface area contributed by atoms with E-state index in [1.807, 2.05) is 19.1 Å². The number of benzene rings is 1. The van der Waals surface area contributed by atoms with Gasteiger partial charge in [0.2, 0.25) is 0 Å². The van der Waals surface area contributed by atoms with Crippen LogP contribution in [-0.2, 0) is 0 Å². The van der Waals surface area contributed by atoms with Gasteiger partial charge in [0.25, 0.3) is 0 Å². The molecule has 0 spiro atoms. The van der Waals surface area contributed by atoms with Crippen LogP contribution in [0, 0.1) is 12.7 Å². The highest BCUT2D eigenvalue weighted by atomic mass is 19.1. The third-order valence-corrected chi connectivity index (χ3v) is 2.06. The van der Waals surface area contributed by atoms with Crippen LogP contribution in [0.5, 0.6) is 0 Å². The van der Waals surface area contributed by atoms with Crippen molar-refractivity contribution in [3.63, 3.8) is 0 Å². The Labute approximate surface area is 71.6 Å². The van der Waals surface area contributed by atoms with Crippen LogP contribution in [0.25, 0.3) is 0 Å². The molecule has 1 aromatic rings. The smallest absolute Gasteiger partial charge is 0.146 e. The summed E-state index contributed by atoms with van der Waals surface area (Å²) in [6.07, 6.45) is 2.35. The van der Waals surface area contributed by atoms with Gasteiger partial charge < -0.3 is 5.32 Å². The number of rotatable bonds is 2. The first kappa shape index (κ1) is 7.59. The second kappa shape index (κ2) is 2.77. The lowest BCUT2D eigenvalue weighted by Gasteiger charge is -2.05. The minimum absolute atomic E-state index is 0.137. The molecule has 12 heavy (non-hydrogen) atoms. The summed E-state index contributed by atoms with van der Waals surface area (Å²) in [5, 5.41) is 3.14. The zero-order valence-electron chi connectivity index (χ0n) is 7.10. The molecule has 2 rings (SSSR count). The minimum atomic E-state index is -0.137. The largest absolute Gasteiger partial charge is 0.380 e. The Morgan fingerprint density at radius 2 is 2.17 bits per heavy atom. The van der Waals surface area contributed by atoms with Crippen LogP contribution in [0.15, 0.2) is 18.2 Å². The van der Waals surface area contributed by atoms with E-state index in [4.69, 9.17) is 0 Å². The van der Waals surface area contributed by atoms with Crippen molar-refractivity contribution < 1.29 is 4.39 Å². The molecule has 1 saturated carbocycles. The topological polar surface area (TPSA) is 12.0 Å². The van der Waals surface area contributed by atoms with Gasteiger partial charge in [-0.2, -0.15) is 0 Å². The maximum atomic E-state index is 13.2. The van der Waals surface area contributed by atoms with Crippen molar-refractivity contribution in [1.82, 2.24) is 0 Å². The average Bonchev–Trinajstić information content (AvgIpc) is 2.79. The second-order valence-electron chi connectivity index (χ2n) is 3.40. The third-order valence-electron chi connectivity index (χ3n) is 2.06. The number of aryl methyl sites for hydroxylation is 1. The van der Waals surface area contributed by atoms with Crippen LogP contribution in [0.1, 0.15) is 18.4 Å². The van der Waals surface area contributed by atoms with Crippen molar-refractivity contribution in [3.05, 3.63) is 29.6 Å². The first-order valence-corrected chi connectivity index (χ1v) is 4.28. The summed E-state index contributed by atoms with van der Waals surface area (Å²) in [6, 6.07) is 5.81. The molecule has 0 aliphatic heterocycles. The highest BCUT2D eigenvalue weighted by Crippen LogP contribution is 2.26. The molecule has 64 valence electrons. The number of halogens is 1. The van der Waals surface area contributed by atoms with E-state index in [0.717, 1.165) is 5.56 Å². The van der Waals surface area contributed by atoms with E-state index in [-0.39, 0.29) is 5.82 Å². The summed E-state index contributed by atoms with van der Waals surface area (Å²) in [4.78, 5) is 0. The summed E-state index contributed by atoms with van der Waals surface area (Å²) < 4.78 is 13.2. The zero-order chi connectivity index (χ0) is 8.55. The Morgan fingerprint density at radius 1 is 1.42 bits per heavy atom.